The first-order valence-electron chi connectivity index (χ1n) is 6.66. The summed E-state index contributed by atoms with van der Waals surface area (Å²) in [5, 5.41) is 37.9. The molecule has 0 spiro atoms. The number of phenols is 1. The van der Waals surface area contributed by atoms with Gasteiger partial charge in [-0.2, -0.15) is 0 Å². The highest BCUT2D eigenvalue weighted by molar-refractivity contribution is 9.11. The van der Waals surface area contributed by atoms with Crippen LogP contribution < -0.4 is 0 Å². The highest BCUT2D eigenvalue weighted by Crippen LogP contribution is 2.34. The number of rotatable bonds is 5. The molecule has 0 saturated carbocycles. The van der Waals surface area contributed by atoms with Crippen molar-refractivity contribution in [2.24, 2.45) is 0 Å². The molecule has 0 aliphatic rings. The van der Waals surface area contributed by atoms with Gasteiger partial charge in [0.15, 0.2) is 0 Å². The molecule has 0 aromatic heterocycles. The molecule has 25 heavy (non-hydrogen) atoms. The van der Waals surface area contributed by atoms with Gasteiger partial charge in [-0.25, -0.2) is 14.4 Å². The van der Waals surface area contributed by atoms with Crippen molar-refractivity contribution in [1.82, 2.24) is 0 Å². The fraction of sp³-hybridized carbons (Fsp3) is 0.0625. The summed E-state index contributed by atoms with van der Waals surface area (Å²) in [4.78, 5) is 34.2. The molecule has 2 rings (SSSR count). The van der Waals surface area contributed by atoms with E-state index in [4.69, 9.17) is 5.11 Å². The Hall–Kier alpha value is -2.39. The molecule has 2 aromatic carbocycles. The van der Waals surface area contributed by atoms with Gasteiger partial charge in [-0.1, -0.05) is 22.0 Å². The first-order chi connectivity index (χ1) is 11.6. The molecule has 2 aromatic rings. The highest BCUT2D eigenvalue weighted by atomic mass is 79.9. The zero-order chi connectivity index (χ0) is 18.9. The number of halogens is 2. The maximum absolute atomic E-state index is 11.6. The Morgan fingerprint density at radius 2 is 1.44 bits per heavy atom. The maximum Gasteiger partial charge on any atom is 0.337 e. The molecule has 0 bridgehead atoms. The van der Waals surface area contributed by atoms with Gasteiger partial charge >= 0.3 is 17.9 Å². The lowest BCUT2D eigenvalue weighted by molar-refractivity contribution is 0.0632. The Bertz CT molecular complexity index is 906. The summed E-state index contributed by atoms with van der Waals surface area (Å²) >= 11 is 6.40. The van der Waals surface area contributed by atoms with Crippen LogP contribution in [0, 0.1) is 0 Å². The van der Waals surface area contributed by atoms with Gasteiger partial charge in [0.2, 0.25) is 0 Å². The topological polar surface area (TPSA) is 132 Å². The zero-order valence-corrected chi connectivity index (χ0v) is 15.5. The number of hydrogen-bond acceptors (Lipinski definition) is 4. The summed E-state index contributed by atoms with van der Waals surface area (Å²) in [5.74, 6) is -4.89. The van der Waals surface area contributed by atoms with E-state index in [-0.39, 0.29) is 17.7 Å². The standard InChI is InChI=1S/C16H10Br2O7/c17-8-4-7(13(19)10(18)5-8)3-6-1-2-9(14(20)21)12(16(24)25)11(6)15(22)23/h1-2,4-5,19H,3H2,(H,20,21)(H,22,23)(H,24,25). The molecule has 0 aliphatic carbocycles. The molecule has 0 radical (unpaired) electrons. The third-order valence-electron chi connectivity index (χ3n) is 3.44. The quantitative estimate of drug-likeness (QED) is 0.521. The second-order valence-electron chi connectivity index (χ2n) is 5.01. The Morgan fingerprint density at radius 1 is 0.840 bits per heavy atom. The maximum atomic E-state index is 11.6. The minimum absolute atomic E-state index is 0.0650. The van der Waals surface area contributed by atoms with E-state index in [0.29, 0.717) is 14.5 Å². The summed E-state index contributed by atoms with van der Waals surface area (Å²) in [6.07, 6.45) is -0.105. The van der Waals surface area contributed by atoms with Crippen LogP contribution in [0.1, 0.15) is 42.2 Å². The number of hydrogen-bond donors (Lipinski definition) is 4. The molecule has 0 amide bonds. The smallest absolute Gasteiger partial charge is 0.337 e. The van der Waals surface area contributed by atoms with E-state index >= 15 is 0 Å². The fourth-order valence-corrected chi connectivity index (χ4v) is 3.71. The van der Waals surface area contributed by atoms with Gasteiger partial charge in [-0.05, 0) is 39.7 Å². The SMILES string of the molecule is O=C(O)c1ccc(Cc2cc(Br)cc(Br)c2O)c(C(=O)O)c1C(=O)O. The molecule has 9 heteroatoms. The first-order valence-corrected chi connectivity index (χ1v) is 8.24. The predicted octanol–water partition coefficient (Wildman–Crippen LogP) is 3.60. The van der Waals surface area contributed by atoms with Gasteiger partial charge in [-0.3, -0.25) is 0 Å². The van der Waals surface area contributed by atoms with Crippen LogP contribution in [0.25, 0.3) is 0 Å². The van der Waals surface area contributed by atoms with Crippen LogP contribution in [0.5, 0.6) is 5.75 Å². The van der Waals surface area contributed by atoms with Gasteiger partial charge < -0.3 is 20.4 Å². The molecule has 130 valence electrons. The van der Waals surface area contributed by atoms with Gasteiger partial charge in [0.05, 0.1) is 21.2 Å². The normalized spacial score (nSPS) is 10.5. The van der Waals surface area contributed by atoms with Crippen molar-refractivity contribution in [3.63, 3.8) is 0 Å². The number of aromatic carboxylic acids is 3. The summed E-state index contributed by atoms with van der Waals surface area (Å²) in [6.45, 7) is 0. The lowest BCUT2D eigenvalue weighted by Gasteiger charge is -2.13. The molecule has 0 saturated heterocycles. The average Bonchev–Trinajstić information content (AvgIpc) is 2.50. The third kappa shape index (κ3) is 3.83. The van der Waals surface area contributed by atoms with Crippen LogP contribution in [0.2, 0.25) is 0 Å². The van der Waals surface area contributed by atoms with Crippen molar-refractivity contribution < 1.29 is 34.8 Å². The number of carboxylic acid groups (broad SMARTS) is 3. The number of phenolic OH excluding ortho intramolecular Hbond substituents is 1. The Balaban J connectivity index is 2.71. The van der Waals surface area contributed by atoms with Gasteiger partial charge in [0.25, 0.3) is 0 Å². The van der Waals surface area contributed by atoms with E-state index in [1.54, 1.807) is 12.1 Å². The van der Waals surface area contributed by atoms with Crippen LogP contribution in [0.15, 0.2) is 33.2 Å². The second-order valence-corrected chi connectivity index (χ2v) is 6.78. The lowest BCUT2D eigenvalue weighted by atomic mass is 9.92. The van der Waals surface area contributed by atoms with Gasteiger partial charge in [-0.15, -0.1) is 0 Å². The van der Waals surface area contributed by atoms with E-state index in [2.05, 4.69) is 31.9 Å². The molecule has 0 atom stereocenters. The Morgan fingerprint density at radius 3 is 1.96 bits per heavy atom. The zero-order valence-electron chi connectivity index (χ0n) is 12.3. The summed E-state index contributed by atoms with van der Waals surface area (Å²) in [6, 6.07) is 5.41. The monoisotopic (exact) mass is 472 g/mol. The number of aromatic hydroxyl groups is 1. The van der Waals surface area contributed by atoms with Crippen molar-refractivity contribution in [3.8, 4) is 5.75 Å². The Labute approximate surface area is 157 Å². The third-order valence-corrected chi connectivity index (χ3v) is 4.50. The molecule has 0 heterocycles. The van der Waals surface area contributed by atoms with Crippen LogP contribution in [0.4, 0.5) is 0 Å². The first kappa shape index (κ1) is 18.9. The average molecular weight is 474 g/mol. The van der Waals surface area contributed by atoms with Crippen molar-refractivity contribution in [2.75, 3.05) is 0 Å². The van der Waals surface area contributed by atoms with Crippen molar-refractivity contribution in [1.29, 1.82) is 0 Å². The second kappa shape index (κ2) is 7.24. The molecule has 0 fully saturated rings. The minimum Gasteiger partial charge on any atom is -0.506 e. The molecule has 0 aliphatic heterocycles. The molecular weight excluding hydrogens is 464 g/mol. The van der Waals surface area contributed by atoms with E-state index in [1.165, 1.54) is 6.07 Å². The summed E-state index contributed by atoms with van der Waals surface area (Å²) in [7, 11) is 0. The molecule has 7 nitrogen and oxygen atoms in total. The van der Waals surface area contributed by atoms with Crippen LogP contribution >= 0.6 is 31.9 Å². The predicted molar refractivity (Wildman–Crippen MR) is 93.6 cm³/mol. The number of benzene rings is 2. The number of carboxylic acids is 3. The van der Waals surface area contributed by atoms with Crippen molar-refractivity contribution in [3.05, 3.63) is 61.0 Å². The molecule has 4 N–H and O–H groups in total. The Kier molecular flexibility index (Phi) is 5.48. The van der Waals surface area contributed by atoms with E-state index in [1.807, 2.05) is 0 Å². The van der Waals surface area contributed by atoms with Crippen molar-refractivity contribution in [2.45, 2.75) is 6.42 Å². The van der Waals surface area contributed by atoms with E-state index < -0.39 is 34.6 Å². The van der Waals surface area contributed by atoms with Gasteiger partial charge in [0, 0.05) is 16.5 Å². The van der Waals surface area contributed by atoms with Gasteiger partial charge in [0.1, 0.15) is 5.75 Å². The number of carbonyl (C=O) groups is 3. The lowest BCUT2D eigenvalue weighted by Crippen LogP contribution is -2.17. The molecular formula is C16H10Br2O7. The minimum atomic E-state index is -1.66. The molecule has 0 unspecified atom stereocenters. The van der Waals surface area contributed by atoms with Crippen molar-refractivity contribution >= 4 is 49.8 Å². The fourth-order valence-electron chi connectivity index (χ4n) is 2.40. The van der Waals surface area contributed by atoms with E-state index in [9.17, 15) is 29.7 Å². The van der Waals surface area contributed by atoms with Crippen LogP contribution in [0.3, 0.4) is 0 Å². The van der Waals surface area contributed by atoms with E-state index in [0.717, 1.165) is 6.07 Å². The van der Waals surface area contributed by atoms with Crippen LogP contribution in [-0.4, -0.2) is 38.3 Å². The summed E-state index contributed by atoms with van der Waals surface area (Å²) < 4.78 is 0.985. The highest BCUT2D eigenvalue weighted by Gasteiger charge is 2.27. The largest absolute Gasteiger partial charge is 0.506 e. The summed E-state index contributed by atoms with van der Waals surface area (Å²) in [5.41, 5.74) is -1.64. The van der Waals surface area contributed by atoms with Crippen LogP contribution in [-0.2, 0) is 6.42 Å².